The summed E-state index contributed by atoms with van der Waals surface area (Å²) in [6, 6.07) is 14.7. The van der Waals surface area contributed by atoms with Crippen molar-refractivity contribution in [3.8, 4) is 0 Å². The number of hydrogen-bond acceptors (Lipinski definition) is 2. The summed E-state index contributed by atoms with van der Waals surface area (Å²) in [4.78, 5) is 25.4. The molecule has 1 N–H and O–H groups in total. The first-order chi connectivity index (χ1) is 11.9. The van der Waals surface area contributed by atoms with E-state index in [1.54, 1.807) is 18.2 Å². The lowest BCUT2D eigenvalue weighted by Crippen LogP contribution is -2.40. The van der Waals surface area contributed by atoms with Gasteiger partial charge >= 0.3 is 0 Å². The third-order valence-corrected chi connectivity index (χ3v) is 4.23. The number of amides is 2. The number of benzene rings is 2. The van der Waals surface area contributed by atoms with Gasteiger partial charge in [-0.15, -0.1) is 0 Å². The molecule has 0 spiro atoms. The highest BCUT2D eigenvalue weighted by Crippen LogP contribution is 2.12. The second-order valence-corrected chi connectivity index (χ2v) is 6.60. The van der Waals surface area contributed by atoms with Gasteiger partial charge in [-0.25, -0.2) is 0 Å². The first kappa shape index (κ1) is 19.3. The van der Waals surface area contributed by atoms with Crippen LogP contribution in [0.25, 0.3) is 0 Å². The Morgan fingerprint density at radius 2 is 1.72 bits per heavy atom. The lowest BCUT2D eigenvalue weighted by Gasteiger charge is -2.20. The molecule has 0 bridgehead atoms. The van der Waals surface area contributed by atoms with E-state index in [-0.39, 0.29) is 18.4 Å². The van der Waals surface area contributed by atoms with E-state index in [2.05, 4.69) is 5.32 Å². The predicted octanol–water partition coefficient (Wildman–Crippen LogP) is 3.70. The van der Waals surface area contributed by atoms with Crippen LogP contribution in [0.3, 0.4) is 0 Å². The van der Waals surface area contributed by atoms with Crippen LogP contribution in [0, 0.1) is 0 Å². The summed E-state index contributed by atoms with van der Waals surface area (Å²) in [5.74, 6) is -0.333. The molecule has 0 aliphatic rings. The van der Waals surface area contributed by atoms with Crippen LogP contribution in [0.15, 0.2) is 48.5 Å². The summed E-state index contributed by atoms with van der Waals surface area (Å²) in [5.41, 5.74) is 1.98. The van der Waals surface area contributed by atoms with Crippen LogP contribution in [0.1, 0.15) is 18.1 Å². The summed E-state index contributed by atoms with van der Waals surface area (Å²) in [6.45, 7) is 2.36. The van der Waals surface area contributed by atoms with Crippen LogP contribution >= 0.6 is 23.2 Å². The Hall–Kier alpha value is -2.04. The third-order valence-electron chi connectivity index (χ3n) is 3.74. The molecule has 0 radical (unpaired) electrons. The summed E-state index contributed by atoms with van der Waals surface area (Å²) in [5, 5.41) is 4.13. The third kappa shape index (κ3) is 6.77. The normalized spacial score (nSPS) is 10.4. The van der Waals surface area contributed by atoms with E-state index in [9.17, 15) is 9.59 Å². The molecule has 2 aromatic rings. The molecular weight excluding hydrogens is 359 g/mol. The van der Waals surface area contributed by atoms with Crippen molar-refractivity contribution in [2.45, 2.75) is 19.9 Å². The van der Waals surface area contributed by atoms with Crippen molar-refractivity contribution in [2.24, 2.45) is 0 Å². The molecule has 0 fully saturated rings. The van der Waals surface area contributed by atoms with E-state index in [0.717, 1.165) is 11.1 Å². The van der Waals surface area contributed by atoms with Gasteiger partial charge in [0.15, 0.2) is 0 Å². The molecule has 25 heavy (non-hydrogen) atoms. The fraction of sp³-hybridized carbons (Fsp3) is 0.263. The van der Waals surface area contributed by atoms with Crippen molar-refractivity contribution in [3.05, 3.63) is 69.7 Å². The van der Waals surface area contributed by atoms with Crippen molar-refractivity contribution in [3.63, 3.8) is 0 Å². The molecule has 0 unspecified atom stereocenters. The minimum Gasteiger partial charge on any atom is -0.350 e. The van der Waals surface area contributed by atoms with Crippen molar-refractivity contribution >= 4 is 35.0 Å². The second kappa shape index (κ2) is 9.44. The zero-order chi connectivity index (χ0) is 18.2. The number of nitrogens with one attached hydrogen (secondary N) is 1. The molecular formula is C19H20Cl2N2O2. The van der Waals surface area contributed by atoms with Gasteiger partial charge in [0.1, 0.15) is 0 Å². The molecule has 132 valence electrons. The van der Waals surface area contributed by atoms with Crippen LogP contribution in [0.2, 0.25) is 10.0 Å². The molecule has 2 rings (SSSR count). The van der Waals surface area contributed by atoms with Crippen molar-refractivity contribution < 1.29 is 9.59 Å². The lowest BCUT2D eigenvalue weighted by atomic mass is 10.1. The average molecular weight is 379 g/mol. The maximum Gasteiger partial charge on any atom is 0.239 e. The van der Waals surface area contributed by atoms with Gasteiger partial charge < -0.3 is 10.2 Å². The van der Waals surface area contributed by atoms with E-state index < -0.39 is 0 Å². The molecule has 2 amide bonds. The highest BCUT2D eigenvalue weighted by Gasteiger charge is 2.13. The number of carbonyl (C=O) groups is 2. The molecule has 0 aliphatic carbocycles. The van der Waals surface area contributed by atoms with Crippen LogP contribution in [-0.4, -0.2) is 29.8 Å². The Morgan fingerprint density at radius 3 is 2.36 bits per heavy atom. The fourth-order valence-electron chi connectivity index (χ4n) is 2.34. The summed E-state index contributed by atoms with van der Waals surface area (Å²) in [6.07, 6.45) is 0.643. The standard InChI is InChI=1S/C19H20Cl2N2O2/c1-14(24)23(10-9-15-3-2-4-18(21)11-15)13-19(25)22-12-16-5-7-17(20)8-6-16/h2-8,11H,9-10,12-13H2,1H3,(H,22,25). The van der Waals surface area contributed by atoms with Crippen LogP contribution in [0.5, 0.6) is 0 Å². The smallest absolute Gasteiger partial charge is 0.239 e. The largest absolute Gasteiger partial charge is 0.350 e. The Morgan fingerprint density at radius 1 is 1.00 bits per heavy atom. The quantitative estimate of drug-likeness (QED) is 0.798. The van der Waals surface area contributed by atoms with Gasteiger partial charge in [0, 0.05) is 30.1 Å². The highest BCUT2D eigenvalue weighted by atomic mass is 35.5. The zero-order valence-corrected chi connectivity index (χ0v) is 15.5. The van der Waals surface area contributed by atoms with E-state index >= 15 is 0 Å². The van der Waals surface area contributed by atoms with Gasteiger partial charge in [-0.2, -0.15) is 0 Å². The van der Waals surface area contributed by atoms with Crippen molar-refractivity contribution in [2.75, 3.05) is 13.1 Å². The molecule has 0 saturated carbocycles. The maximum atomic E-state index is 12.1. The van der Waals surface area contributed by atoms with Gasteiger partial charge in [0.05, 0.1) is 6.54 Å². The molecule has 0 heterocycles. The van der Waals surface area contributed by atoms with Gasteiger partial charge in [-0.1, -0.05) is 47.5 Å². The van der Waals surface area contributed by atoms with E-state index in [1.807, 2.05) is 30.3 Å². The minimum atomic E-state index is -0.198. The monoisotopic (exact) mass is 378 g/mol. The Kier molecular flexibility index (Phi) is 7.29. The van der Waals surface area contributed by atoms with E-state index in [1.165, 1.54) is 11.8 Å². The molecule has 0 atom stereocenters. The fourth-order valence-corrected chi connectivity index (χ4v) is 2.68. The summed E-state index contributed by atoms with van der Waals surface area (Å²) in [7, 11) is 0. The molecule has 0 aromatic heterocycles. The first-order valence-electron chi connectivity index (χ1n) is 7.95. The number of hydrogen-bond donors (Lipinski definition) is 1. The maximum absolute atomic E-state index is 12.1. The van der Waals surface area contributed by atoms with Crippen LogP contribution < -0.4 is 5.32 Å². The Bertz CT molecular complexity index is 732. The van der Waals surface area contributed by atoms with Crippen molar-refractivity contribution in [1.82, 2.24) is 10.2 Å². The van der Waals surface area contributed by atoms with Gasteiger partial charge in [0.25, 0.3) is 0 Å². The topological polar surface area (TPSA) is 49.4 Å². The minimum absolute atomic E-state index is 0.0312. The van der Waals surface area contributed by atoms with Gasteiger partial charge in [0.2, 0.25) is 11.8 Å². The van der Waals surface area contributed by atoms with Crippen molar-refractivity contribution in [1.29, 1.82) is 0 Å². The second-order valence-electron chi connectivity index (χ2n) is 5.72. The number of carbonyl (C=O) groups excluding carboxylic acids is 2. The molecule has 4 nitrogen and oxygen atoms in total. The summed E-state index contributed by atoms with van der Waals surface area (Å²) < 4.78 is 0. The summed E-state index contributed by atoms with van der Waals surface area (Å²) >= 11 is 11.8. The SMILES string of the molecule is CC(=O)N(CCc1cccc(Cl)c1)CC(=O)NCc1ccc(Cl)cc1. The van der Waals surface area contributed by atoms with Crippen LogP contribution in [0.4, 0.5) is 0 Å². The average Bonchev–Trinajstić information content (AvgIpc) is 2.58. The Labute approximate surface area is 157 Å². The highest BCUT2D eigenvalue weighted by molar-refractivity contribution is 6.30. The lowest BCUT2D eigenvalue weighted by molar-refractivity contribution is -0.134. The molecule has 2 aromatic carbocycles. The Balaban J connectivity index is 1.84. The molecule has 6 heteroatoms. The molecule has 0 aliphatic heterocycles. The first-order valence-corrected chi connectivity index (χ1v) is 8.71. The number of nitrogens with zero attached hydrogens (tertiary/aromatic N) is 1. The van der Waals surface area contributed by atoms with E-state index in [0.29, 0.717) is 29.6 Å². The van der Waals surface area contributed by atoms with E-state index in [4.69, 9.17) is 23.2 Å². The van der Waals surface area contributed by atoms with Crippen LogP contribution in [-0.2, 0) is 22.6 Å². The van der Waals surface area contributed by atoms with Gasteiger partial charge in [-0.05, 0) is 41.8 Å². The zero-order valence-electron chi connectivity index (χ0n) is 14.0. The predicted molar refractivity (Wildman–Crippen MR) is 101 cm³/mol. The van der Waals surface area contributed by atoms with Gasteiger partial charge in [-0.3, -0.25) is 9.59 Å². The number of rotatable bonds is 7. The molecule has 0 saturated heterocycles. The number of halogens is 2.